The smallest absolute Gasteiger partial charge is 0.335 e. The molecule has 76 valence electrons. The van der Waals surface area contributed by atoms with Gasteiger partial charge in [0.15, 0.2) is 6.10 Å². The van der Waals surface area contributed by atoms with E-state index >= 15 is 0 Å². The number of aromatic nitrogens is 1. The maximum Gasteiger partial charge on any atom is 0.335 e. The molecule has 1 aromatic heterocycles. The summed E-state index contributed by atoms with van der Waals surface area (Å²) in [6.45, 7) is 0. The fourth-order valence-corrected chi connectivity index (χ4v) is 1.16. The summed E-state index contributed by atoms with van der Waals surface area (Å²) >= 11 is 5.63. The van der Waals surface area contributed by atoms with Gasteiger partial charge < -0.3 is 9.84 Å². The first-order valence-electron chi connectivity index (χ1n) is 4.01. The van der Waals surface area contributed by atoms with Gasteiger partial charge in [-0.05, 0) is 12.1 Å². The van der Waals surface area contributed by atoms with Crippen LogP contribution >= 0.6 is 11.6 Å². The second-order valence-electron chi connectivity index (χ2n) is 2.69. The molecule has 0 bridgehead atoms. The zero-order chi connectivity index (χ0) is 10.6. The zero-order valence-corrected chi connectivity index (χ0v) is 8.36. The molecule has 1 N–H and O–H groups in total. The van der Waals surface area contributed by atoms with E-state index in [-0.39, 0.29) is 6.42 Å². The van der Waals surface area contributed by atoms with Gasteiger partial charge in [0.1, 0.15) is 5.15 Å². The van der Waals surface area contributed by atoms with Crippen molar-refractivity contribution in [3.63, 3.8) is 0 Å². The lowest BCUT2D eigenvalue weighted by atomic mass is 10.2. The molecule has 1 unspecified atom stereocenters. The van der Waals surface area contributed by atoms with Crippen LogP contribution in [0.5, 0.6) is 0 Å². The van der Waals surface area contributed by atoms with Crippen molar-refractivity contribution in [3.8, 4) is 0 Å². The Kier molecular flexibility index (Phi) is 3.85. The van der Waals surface area contributed by atoms with Crippen LogP contribution in [0.2, 0.25) is 5.15 Å². The van der Waals surface area contributed by atoms with E-state index in [0.29, 0.717) is 10.8 Å². The molecule has 0 fully saturated rings. The number of ether oxygens (including phenoxy) is 1. The maximum absolute atomic E-state index is 10.9. The summed E-state index contributed by atoms with van der Waals surface area (Å²) in [7, 11) is 1.22. The molecule has 14 heavy (non-hydrogen) atoms. The lowest BCUT2D eigenvalue weighted by molar-refractivity contribution is -0.150. The van der Waals surface area contributed by atoms with Crippen molar-refractivity contribution in [2.45, 2.75) is 12.5 Å². The number of pyridine rings is 1. The summed E-state index contributed by atoms with van der Waals surface area (Å²) in [6.07, 6.45) is -1.08. The van der Waals surface area contributed by atoms with Crippen molar-refractivity contribution in [2.24, 2.45) is 0 Å². The fourth-order valence-electron chi connectivity index (χ4n) is 0.981. The summed E-state index contributed by atoms with van der Waals surface area (Å²) in [5.74, 6) is -0.674. The lowest BCUT2D eigenvalue weighted by Crippen LogP contribution is -2.24. The van der Waals surface area contributed by atoms with Crippen LogP contribution in [-0.2, 0) is 16.0 Å². The number of halogens is 1. The minimum absolute atomic E-state index is 0.104. The van der Waals surface area contributed by atoms with Gasteiger partial charge in [-0.25, -0.2) is 9.78 Å². The number of aliphatic hydroxyl groups is 1. The molecule has 0 saturated heterocycles. The second kappa shape index (κ2) is 4.93. The molecule has 4 nitrogen and oxygen atoms in total. The predicted molar refractivity (Wildman–Crippen MR) is 51.0 cm³/mol. The summed E-state index contributed by atoms with van der Waals surface area (Å²) in [5.41, 5.74) is 0.551. The highest BCUT2D eigenvalue weighted by atomic mass is 35.5. The minimum Gasteiger partial charge on any atom is -0.467 e. The molecular weight excluding hydrogens is 206 g/mol. The number of hydrogen-bond acceptors (Lipinski definition) is 4. The lowest BCUT2D eigenvalue weighted by Gasteiger charge is -2.07. The van der Waals surface area contributed by atoms with Gasteiger partial charge in [-0.3, -0.25) is 0 Å². The van der Waals surface area contributed by atoms with Crippen molar-refractivity contribution >= 4 is 17.6 Å². The van der Waals surface area contributed by atoms with E-state index in [1.165, 1.54) is 7.11 Å². The van der Waals surface area contributed by atoms with Crippen molar-refractivity contribution in [3.05, 3.63) is 29.0 Å². The van der Waals surface area contributed by atoms with Gasteiger partial charge >= 0.3 is 5.97 Å². The molecule has 0 amide bonds. The average molecular weight is 216 g/mol. The second-order valence-corrected chi connectivity index (χ2v) is 3.08. The van der Waals surface area contributed by atoms with Gasteiger partial charge in [-0.15, -0.1) is 0 Å². The number of aliphatic hydroxyl groups excluding tert-OH is 1. The van der Waals surface area contributed by atoms with Gasteiger partial charge in [0.2, 0.25) is 0 Å². The third-order valence-electron chi connectivity index (χ3n) is 1.65. The van der Waals surface area contributed by atoms with Crippen LogP contribution < -0.4 is 0 Å². The molecule has 1 heterocycles. The first-order chi connectivity index (χ1) is 6.63. The maximum atomic E-state index is 10.9. The number of carbonyl (C=O) groups excluding carboxylic acids is 1. The Balaban J connectivity index is 2.64. The summed E-state index contributed by atoms with van der Waals surface area (Å²) < 4.78 is 4.36. The van der Waals surface area contributed by atoms with Gasteiger partial charge in [0, 0.05) is 12.1 Å². The van der Waals surface area contributed by atoms with Crippen LogP contribution in [0.1, 0.15) is 5.69 Å². The van der Waals surface area contributed by atoms with E-state index in [2.05, 4.69) is 9.72 Å². The molecule has 1 rings (SSSR count). The standard InChI is InChI=1S/C9H10ClNO3/c1-14-9(13)7(12)5-6-3-2-4-8(10)11-6/h2-4,7,12H,5H2,1H3. The molecule has 5 heteroatoms. The molecule has 1 atom stereocenters. The first kappa shape index (κ1) is 10.9. The minimum atomic E-state index is -1.19. The normalized spacial score (nSPS) is 12.2. The van der Waals surface area contributed by atoms with E-state index < -0.39 is 12.1 Å². The Hall–Kier alpha value is -1.13. The fraction of sp³-hybridized carbons (Fsp3) is 0.333. The van der Waals surface area contributed by atoms with Gasteiger partial charge in [-0.2, -0.15) is 0 Å². The van der Waals surface area contributed by atoms with Gasteiger partial charge in [0.25, 0.3) is 0 Å². The van der Waals surface area contributed by atoms with Gasteiger partial charge in [0.05, 0.1) is 7.11 Å². The average Bonchev–Trinajstić information content (AvgIpc) is 2.16. The van der Waals surface area contributed by atoms with Crippen LogP contribution in [-0.4, -0.2) is 29.3 Å². The molecule has 0 radical (unpaired) electrons. The first-order valence-corrected chi connectivity index (χ1v) is 4.38. The predicted octanol–water partition coefficient (Wildman–Crippen LogP) is 0.811. The Morgan fingerprint density at radius 2 is 2.43 bits per heavy atom. The van der Waals surface area contributed by atoms with Crippen molar-refractivity contribution in [1.29, 1.82) is 0 Å². The van der Waals surface area contributed by atoms with E-state index in [1.54, 1.807) is 18.2 Å². The quantitative estimate of drug-likeness (QED) is 0.599. The van der Waals surface area contributed by atoms with E-state index in [1.807, 2.05) is 0 Å². The van der Waals surface area contributed by atoms with Crippen molar-refractivity contribution < 1.29 is 14.6 Å². The number of hydrogen-bond donors (Lipinski definition) is 1. The molecule has 0 aliphatic rings. The zero-order valence-electron chi connectivity index (χ0n) is 7.61. The Labute approximate surface area is 86.5 Å². The summed E-state index contributed by atoms with van der Waals surface area (Å²) in [6, 6.07) is 5.00. The van der Waals surface area contributed by atoms with E-state index in [9.17, 15) is 9.90 Å². The largest absolute Gasteiger partial charge is 0.467 e. The summed E-state index contributed by atoms with van der Waals surface area (Å²) in [4.78, 5) is 14.8. The number of methoxy groups -OCH3 is 1. The van der Waals surface area contributed by atoms with Crippen LogP contribution in [0.15, 0.2) is 18.2 Å². The molecule has 0 spiro atoms. The molecule has 0 aliphatic heterocycles. The number of rotatable bonds is 3. The molecule has 0 aliphatic carbocycles. The molecular formula is C9H10ClNO3. The summed E-state index contributed by atoms with van der Waals surface area (Å²) in [5, 5.41) is 9.64. The van der Waals surface area contributed by atoms with E-state index in [0.717, 1.165) is 0 Å². The van der Waals surface area contributed by atoms with Crippen LogP contribution in [0.25, 0.3) is 0 Å². The van der Waals surface area contributed by atoms with Crippen LogP contribution in [0.4, 0.5) is 0 Å². The third-order valence-corrected chi connectivity index (χ3v) is 1.86. The Morgan fingerprint density at radius 3 is 3.00 bits per heavy atom. The highest BCUT2D eigenvalue weighted by Crippen LogP contribution is 2.07. The van der Waals surface area contributed by atoms with Crippen molar-refractivity contribution in [1.82, 2.24) is 4.98 Å². The third kappa shape index (κ3) is 2.97. The van der Waals surface area contributed by atoms with Crippen LogP contribution in [0, 0.1) is 0 Å². The molecule has 0 saturated carbocycles. The molecule has 0 aromatic carbocycles. The van der Waals surface area contributed by atoms with E-state index in [4.69, 9.17) is 11.6 Å². The highest BCUT2D eigenvalue weighted by molar-refractivity contribution is 6.29. The van der Waals surface area contributed by atoms with Crippen LogP contribution in [0.3, 0.4) is 0 Å². The van der Waals surface area contributed by atoms with Crippen molar-refractivity contribution in [2.75, 3.05) is 7.11 Å². The SMILES string of the molecule is COC(=O)C(O)Cc1cccc(Cl)n1. The Bertz CT molecular complexity index is 330. The number of esters is 1. The van der Waals surface area contributed by atoms with Gasteiger partial charge in [-0.1, -0.05) is 17.7 Å². The topological polar surface area (TPSA) is 59.4 Å². The Morgan fingerprint density at radius 1 is 1.71 bits per heavy atom. The monoisotopic (exact) mass is 215 g/mol. The number of carbonyl (C=O) groups is 1. The molecule has 1 aromatic rings. The number of nitrogens with zero attached hydrogens (tertiary/aromatic N) is 1. The highest BCUT2D eigenvalue weighted by Gasteiger charge is 2.16.